The molecule has 0 aliphatic heterocycles. The monoisotopic (exact) mass is 368 g/mol. The van der Waals surface area contributed by atoms with Gasteiger partial charge in [0.15, 0.2) is 6.61 Å². The molecule has 6 heteroatoms. The molecule has 0 amide bonds. The van der Waals surface area contributed by atoms with Gasteiger partial charge in [-0.2, -0.15) is 0 Å². The van der Waals surface area contributed by atoms with Crippen LogP contribution >= 0.6 is 0 Å². The van der Waals surface area contributed by atoms with Gasteiger partial charge in [-0.3, -0.25) is 0 Å². The van der Waals surface area contributed by atoms with Gasteiger partial charge in [-0.25, -0.2) is 9.59 Å². The number of carbonyl (C=O) groups excluding carboxylic acids is 1. The van der Waals surface area contributed by atoms with E-state index < -0.39 is 11.6 Å². The lowest BCUT2D eigenvalue weighted by Gasteiger charge is -2.11. The standard InChI is InChI=1S/C21H20O6/c1-3-24-18-7-5-4-6-15(18)12-26-21(23)13-25-16-8-9-17-14(2)10-20(22)27-19(17)11-16/h4-11H,3,12-13H2,1-2H3. The summed E-state index contributed by atoms with van der Waals surface area (Å²) in [6.07, 6.45) is 0. The molecule has 140 valence electrons. The highest BCUT2D eigenvalue weighted by Gasteiger charge is 2.09. The summed E-state index contributed by atoms with van der Waals surface area (Å²) < 4.78 is 21.4. The van der Waals surface area contributed by atoms with Gasteiger partial charge in [-0.1, -0.05) is 18.2 Å². The predicted octanol–water partition coefficient (Wildman–Crippen LogP) is 3.62. The van der Waals surface area contributed by atoms with Crippen LogP contribution in [0.5, 0.6) is 11.5 Å². The quantitative estimate of drug-likeness (QED) is 0.468. The second-order valence-corrected chi connectivity index (χ2v) is 5.90. The van der Waals surface area contributed by atoms with Crippen LogP contribution in [0, 0.1) is 6.92 Å². The molecular formula is C21H20O6. The van der Waals surface area contributed by atoms with E-state index in [0.717, 1.165) is 16.5 Å². The van der Waals surface area contributed by atoms with Crippen LogP contribution in [0.2, 0.25) is 0 Å². The minimum atomic E-state index is -0.507. The second kappa shape index (κ2) is 8.40. The number of rotatable bonds is 7. The minimum Gasteiger partial charge on any atom is -0.493 e. The summed E-state index contributed by atoms with van der Waals surface area (Å²) in [5.41, 5.74) is 1.59. The van der Waals surface area contributed by atoms with E-state index in [4.69, 9.17) is 18.6 Å². The van der Waals surface area contributed by atoms with Gasteiger partial charge in [-0.15, -0.1) is 0 Å². The molecule has 2 aromatic carbocycles. The van der Waals surface area contributed by atoms with Crippen LogP contribution in [0.4, 0.5) is 0 Å². The van der Waals surface area contributed by atoms with Crippen molar-refractivity contribution in [2.45, 2.75) is 20.5 Å². The van der Waals surface area contributed by atoms with Crippen LogP contribution in [0.25, 0.3) is 11.0 Å². The van der Waals surface area contributed by atoms with Crippen LogP contribution in [0.3, 0.4) is 0 Å². The lowest BCUT2D eigenvalue weighted by Crippen LogP contribution is -2.15. The molecule has 0 spiro atoms. The van der Waals surface area contributed by atoms with Gasteiger partial charge in [0.1, 0.15) is 23.7 Å². The first-order valence-corrected chi connectivity index (χ1v) is 8.60. The number of aryl methyl sites for hydroxylation is 1. The Morgan fingerprint density at radius 1 is 1.07 bits per heavy atom. The molecule has 0 saturated carbocycles. The van der Waals surface area contributed by atoms with Crippen LogP contribution in [-0.4, -0.2) is 19.2 Å². The molecule has 0 N–H and O–H groups in total. The summed E-state index contributed by atoms with van der Waals surface area (Å²) in [5, 5.41) is 0.817. The Morgan fingerprint density at radius 3 is 2.70 bits per heavy atom. The van der Waals surface area contributed by atoms with Crippen molar-refractivity contribution in [1.29, 1.82) is 0 Å². The van der Waals surface area contributed by atoms with E-state index in [1.807, 2.05) is 38.1 Å². The summed E-state index contributed by atoms with van der Waals surface area (Å²) in [6, 6.07) is 13.9. The summed E-state index contributed by atoms with van der Waals surface area (Å²) in [6.45, 7) is 4.11. The highest BCUT2D eigenvalue weighted by molar-refractivity contribution is 5.81. The third kappa shape index (κ3) is 4.67. The van der Waals surface area contributed by atoms with Crippen LogP contribution in [0.1, 0.15) is 18.1 Å². The van der Waals surface area contributed by atoms with E-state index in [-0.39, 0.29) is 13.2 Å². The molecule has 6 nitrogen and oxygen atoms in total. The molecule has 0 saturated heterocycles. The molecule has 0 fully saturated rings. The number of carbonyl (C=O) groups is 1. The molecule has 1 aromatic heterocycles. The highest BCUT2D eigenvalue weighted by Crippen LogP contribution is 2.22. The molecule has 3 rings (SSSR count). The fourth-order valence-corrected chi connectivity index (χ4v) is 2.66. The Bertz CT molecular complexity index is 1000. The Kier molecular flexibility index (Phi) is 5.76. The van der Waals surface area contributed by atoms with Gasteiger partial charge >= 0.3 is 11.6 Å². The summed E-state index contributed by atoms with van der Waals surface area (Å²) in [7, 11) is 0. The van der Waals surface area contributed by atoms with Gasteiger partial charge in [0.25, 0.3) is 0 Å². The van der Waals surface area contributed by atoms with Crippen molar-refractivity contribution in [2.24, 2.45) is 0 Å². The maximum atomic E-state index is 12.0. The first kappa shape index (κ1) is 18.5. The van der Waals surface area contributed by atoms with Crippen molar-refractivity contribution >= 4 is 16.9 Å². The second-order valence-electron chi connectivity index (χ2n) is 5.90. The molecular weight excluding hydrogens is 348 g/mol. The molecule has 3 aromatic rings. The fourth-order valence-electron chi connectivity index (χ4n) is 2.66. The predicted molar refractivity (Wildman–Crippen MR) is 100 cm³/mol. The number of hydrogen-bond donors (Lipinski definition) is 0. The first-order valence-electron chi connectivity index (χ1n) is 8.60. The van der Waals surface area contributed by atoms with E-state index in [9.17, 15) is 9.59 Å². The SMILES string of the molecule is CCOc1ccccc1COC(=O)COc1ccc2c(C)cc(=O)oc2c1. The van der Waals surface area contributed by atoms with E-state index in [1.54, 1.807) is 18.2 Å². The third-order valence-electron chi connectivity index (χ3n) is 3.94. The van der Waals surface area contributed by atoms with Gasteiger partial charge in [0, 0.05) is 23.1 Å². The number of benzene rings is 2. The molecule has 0 aliphatic rings. The summed E-state index contributed by atoms with van der Waals surface area (Å²) in [4.78, 5) is 23.5. The normalized spacial score (nSPS) is 10.6. The zero-order valence-corrected chi connectivity index (χ0v) is 15.2. The molecule has 1 heterocycles. The molecule has 27 heavy (non-hydrogen) atoms. The minimum absolute atomic E-state index is 0.101. The Hall–Kier alpha value is -3.28. The average Bonchev–Trinajstić information content (AvgIpc) is 2.65. The smallest absolute Gasteiger partial charge is 0.344 e. The van der Waals surface area contributed by atoms with Gasteiger partial charge < -0.3 is 18.6 Å². The molecule has 0 bridgehead atoms. The maximum absolute atomic E-state index is 12.0. The Morgan fingerprint density at radius 2 is 1.89 bits per heavy atom. The number of para-hydroxylation sites is 1. The number of hydrogen-bond acceptors (Lipinski definition) is 6. The van der Waals surface area contributed by atoms with Gasteiger partial charge in [-0.05, 0) is 37.6 Å². The first-order chi connectivity index (χ1) is 13.1. The van der Waals surface area contributed by atoms with Crippen LogP contribution in [-0.2, 0) is 16.1 Å². The largest absolute Gasteiger partial charge is 0.493 e. The van der Waals surface area contributed by atoms with Gasteiger partial charge in [0.05, 0.1) is 6.61 Å². The van der Waals surface area contributed by atoms with E-state index in [1.165, 1.54) is 6.07 Å². The van der Waals surface area contributed by atoms with Crippen LogP contribution in [0.15, 0.2) is 57.7 Å². The zero-order chi connectivity index (χ0) is 19.2. The van der Waals surface area contributed by atoms with E-state index in [0.29, 0.717) is 23.7 Å². The number of esters is 1. The van der Waals surface area contributed by atoms with Crippen molar-refractivity contribution in [3.63, 3.8) is 0 Å². The van der Waals surface area contributed by atoms with Gasteiger partial charge in [0.2, 0.25) is 0 Å². The lowest BCUT2D eigenvalue weighted by molar-refractivity contribution is -0.147. The van der Waals surface area contributed by atoms with E-state index >= 15 is 0 Å². The molecule has 0 aliphatic carbocycles. The summed E-state index contributed by atoms with van der Waals surface area (Å²) >= 11 is 0. The average molecular weight is 368 g/mol. The number of fused-ring (bicyclic) bond motifs is 1. The highest BCUT2D eigenvalue weighted by atomic mass is 16.6. The van der Waals surface area contributed by atoms with E-state index in [2.05, 4.69) is 0 Å². The molecule has 0 unspecified atom stereocenters. The topological polar surface area (TPSA) is 75.0 Å². The zero-order valence-electron chi connectivity index (χ0n) is 15.2. The Labute approximate surface area is 156 Å². The fraction of sp³-hybridized carbons (Fsp3) is 0.238. The maximum Gasteiger partial charge on any atom is 0.344 e. The van der Waals surface area contributed by atoms with Crippen molar-refractivity contribution in [2.75, 3.05) is 13.2 Å². The summed E-state index contributed by atoms with van der Waals surface area (Å²) in [5.74, 6) is 0.601. The lowest BCUT2D eigenvalue weighted by atomic mass is 10.1. The van der Waals surface area contributed by atoms with Crippen molar-refractivity contribution in [3.8, 4) is 11.5 Å². The Balaban J connectivity index is 1.59. The number of ether oxygens (including phenoxy) is 3. The van der Waals surface area contributed by atoms with Crippen molar-refractivity contribution < 1.29 is 23.4 Å². The van der Waals surface area contributed by atoms with Crippen LogP contribution < -0.4 is 15.1 Å². The molecule has 0 atom stereocenters. The van der Waals surface area contributed by atoms with Crippen molar-refractivity contribution in [3.05, 3.63) is 70.1 Å². The molecule has 0 radical (unpaired) electrons. The van der Waals surface area contributed by atoms with Crippen molar-refractivity contribution in [1.82, 2.24) is 0 Å². The third-order valence-corrected chi connectivity index (χ3v) is 3.94.